The average molecular weight is 381 g/mol. The van der Waals surface area contributed by atoms with Gasteiger partial charge in [-0.15, -0.1) is 0 Å². The summed E-state index contributed by atoms with van der Waals surface area (Å²) in [4.78, 5) is 1.52. The lowest BCUT2D eigenvalue weighted by Gasteiger charge is -2.29. The van der Waals surface area contributed by atoms with E-state index in [0.717, 1.165) is 24.8 Å². The summed E-state index contributed by atoms with van der Waals surface area (Å²) in [5.74, 6) is 0.527. The fourth-order valence-electron chi connectivity index (χ4n) is 2.74. The zero-order valence-electron chi connectivity index (χ0n) is 15.5. The molecule has 0 bridgehead atoms. The van der Waals surface area contributed by atoms with Gasteiger partial charge in [0, 0.05) is 6.54 Å². The first-order valence-electron chi connectivity index (χ1n) is 9.17. The Hall–Kier alpha value is -2.21. The molecule has 148 valence electrons. The summed E-state index contributed by atoms with van der Waals surface area (Å²) < 4.78 is 44.7. The summed E-state index contributed by atoms with van der Waals surface area (Å²) >= 11 is 0. The first-order valence-corrected chi connectivity index (χ1v) is 9.17. The molecule has 0 saturated carbocycles. The molecule has 2 aromatic rings. The Morgan fingerprint density at radius 1 is 1.00 bits per heavy atom. The van der Waals surface area contributed by atoms with E-state index in [4.69, 9.17) is 4.74 Å². The van der Waals surface area contributed by atoms with Gasteiger partial charge in [0.25, 0.3) is 0 Å². The Balaban J connectivity index is 2.24. The lowest BCUT2D eigenvalue weighted by atomic mass is 10.1. The molecule has 0 fully saturated rings. The van der Waals surface area contributed by atoms with Crippen molar-refractivity contribution in [1.82, 2.24) is 0 Å². The Labute approximate surface area is 158 Å². The lowest BCUT2D eigenvalue weighted by molar-refractivity contribution is -0.200. The van der Waals surface area contributed by atoms with Gasteiger partial charge in [-0.3, -0.25) is 0 Å². The molecule has 0 radical (unpaired) electrons. The zero-order chi connectivity index (χ0) is 19.7. The summed E-state index contributed by atoms with van der Waals surface area (Å²) in [5.41, 5.74) is 1.40. The van der Waals surface area contributed by atoms with Gasteiger partial charge in [-0.05, 0) is 24.1 Å². The lowest BCUT2D eigenvalue weighted by Crippen LogP contribution is -2.41. The van der Waals surface area contributed by atoms with Crippen LogP contribution in [0.3, 0.4) is 0 Å². The van der Waals surface area contributed by atoms with Crippen LogP contribution in [0.15, 0.2) is 54.6 Å². The van der Waals surface area contributed by atoms with Crippen LogP contribution < -0.4 is 9.64 Å². The summed E-state index contributed by atoms with van der Waals surface area (Å²) in [6.45, 7) is 2.27. The molecule has 0 saturated heterocycles. The second-order valence-corrected chi connectivity index (χ2v) is 6.45. The Morgan fingerprint density at radius 3 is 2.33 bits per heavy atom. The minimum absolute atomic E-state index is 0.239. The van der Waals surface area contributed by atoms with Crippen LogP contribution in [0.1, 0.15) is 31.7 Å². The Kier molecular flexibility index (Phi) is 7.98. The number of aliphatic hydroxyl groups is 1. The second kappa shape index (κ2) is 10.2. The highest BCUT2D eigenvalue weighted by Crippen LogP contribution is 2.31. The van der Waals surface area contributed by atoms with Crippen molar-refractivity contribution in [3.8, 4) is 5.75 Å². The fourth-order valence-corrected chi connectivity index (χ4v) is 2.74. The number of alkyl halides is 3. The molecule has 0 aromatic heterocycles. The maximum atomic E-state index is 12.9. The topological polar surface area (TPSA) is 32.7 Å². The number of hydrogen-bond donors (Lipinski definition) is 1. The number of ether oxygens (including phenoxy) is 1. The van der Waals surface area contributed by atoms with Crippen molar-refractivity contribution in [2.75, 3.05) is 18.1 Å². The molecule has 1 atom stereocenters. The number of hydrogen-bond acceptors (Lipinski definition) is 3. The number of nitrogens with zero attached hydrogens (tertiary/aromatic N) is 1. The van der Waals surface area contributed by atoms with Gasteiger partial charge in [0.15, 0.2) is 6.10 Å². The predicted octanol–water partition coefficient (Wildman–Crippen LogP) is 5.19. The summed E-state index contributed by atoms with van der Waals surface area (Å²) in [6, 6.07) is 16.2. The van der Waals surface area contributed by atoms with Gasteiger partial charge in [-0.1, -0.05) is 62.2 Å². The standard InChI is InChI=1S/C21H26F3NO2/c1-2-3-9-14-27-19-13-8-7-12-18(19)25(16-20(26)21(22,23)24)15-17-10-5-4-6-11-17/h4-8,10-13,20,26H,2-3,9,14-16H2,1H3. The molecule has 2 aromatic carbocycles. The number of unbranched alkanes of at least 4 members (excludes halogenated alkanes) is 2. The maximum absolute atomic E-state index is 12.9. The van der Waals surface area contributed by atoms with Gasteiger partial charge in [0.2, 0.25) is 0 Å². The van der Waals surface area contributed by atoms with Gasteiger partial charge < -0.3 is 14.7 Å². The van der Waals surface area contributed by atoms with Crippen LogP contribution in [0.2, 0.25) is 0 Å². The van der Waals surface area contributed by atoms with E-state index >= 15 is 0 Å². The van der Waals surface area contributed by atoms with Crippen LogP contribution in [0.4, 0.5) is 18.9 Å². The second-order valence-electron chi connectivity index (χ2n) is 6.45. The van der Waals surface area contributed by atoms with Gasteiger partial charge in [-0.2, -0.15) is 13.2 Å². The van der Waals surface area contributed by atoms with E-state index in [2.05, 4.69) is 6.92 Å². The zero-order valence-corrected chi connectivity index (χ0v) is 15.5. The third-order valence-corrected chi connectivity index (χ3v) is 4.20. The number of para-hydroxylation sites is 2. The molecule has 3 nitrogen and oxygen atoms in total. The SMILES string of the molecule is CCCCCOc1ccccc1N(Cc1ccccc1)CC(O)C(F)(F)F. The Bertz CT molecular complexity index is 677. The molecule has 6 heteroatoms. The molecular formula is C21H26F3NO2. The van der Waals surface area contributed by atoms with Crippen LogP contribution in [0.25, 0.3) is 0 Å². The first kappa shape index (κ1) is 21.1. The van der Waals surface area contributed by atoms with Crippen LogP contribution in [0.5, 0.6) is 5.75 Å². The van der Waals surface area contributed by atoms with Crippen LogP contribution in [-0.4, -0.2) is 30.5 Å². The molecular weight excluding hydrogens is 355 g/mol. The average Bonchev–Trinajstić information content (AvgIpc) is 2.65. The van der Waals surface area contributed by atoms with E-state index in [9.17, 15) is 18.3 Å². The molecule has 27 heavy (non-hydrogen) atoms. The molecule has 1 N–H and O–H groups in total. The minimum Gasteiger partial charge on any atom is -0.491 e. The van der Waals surface area contributed by atoms with E-state index in [-0.39, 0.29) is 6.54 Å². The third kappa shape index (κ3) is 6.79. The van der Waals surface area contributed by atoms with E-state index in [1.807, 2.05) is 30.3 Å². The molecule has 1 unspecified atom stereocenters. The van der Waals surface area contributed by atoms with Crippen LogP contribution >= 0.6 is 0 Å². The number of rotatable bonds is 10. The molecule has 0 aliphatic carbocycles. The minimum atomic E-state index is -4.67. The first-order chi connectivity index (χ1) is 12.9. The normalized spacial score (nSPS) is 12.6. The molecule has 0 heterocycles. The molecule has 2 rings (SSSR count). The van der Waals surface area contributed by atoms with Crippen molar-refractivity contribution in [1.29, 1.82) is 0 Å². The summed E-state index contributed by atoms with van der Waals surface area (Å²) in [6.07, 6.45) is -4.14. The van der Waals surface area contributed by atoms with Crippen molar-refractivity contribution >= 4 is 5.69 Å². The largest absolute Gasteiger partial charge is 0.491 e. The third-order valence-electron chi connectivity index (χ3n) is 4.20. The number of benzene rings is 2. The highest BCUT2D eigenvalue weighted by molar-refractivity contribution is 5.58. The van der Waals surface area contributed by atoms with Crippen molar-refractivity contribution in [2.24, 2.45) is 0 Å². The van der Waals surface area contributed by atoms with Gasteiger partial charge in [-0.25, -0.2) is 0 Å². The van der Waals surface area contributed by atoms with E-state index in [0.29, 0.717) is 18.0 Å². The molecule has 0 spiro atoms. The number of aliphatic hydroxyl groups excluding tert-OH is 1. The van der Waals surface area contributed by atoms with E-state index in [1.54, 1.807) is 24.3 Å². The molecule has 0 amide bonds. The summed E-state index contributed by atoms with van der Waals surface area (Å²) in [5, 5.41) is 9.62. The van der Waals surface area contributed by atoms with Crippen molar-refractivity contribution in [3.05, 3.63) is 60.2 Å². The molecule has 0 aliphatic rings. The fraction of sp³-hybridized carbons (Fsp3) is 0.429. The smallest absolute Gasteiger partial charge is 0.416 e. The van der Waals surface area contributed by atoms with E-state index in [1.165, 1.54) is 4.90 Å². The quantitative estimate of drug-likeness (QED) is 0.575. The monoisotopic (exact) mass is 381 g/mol. The summed E-state index contributed by atoms with van der Waals surface area (Å²) in [7, 11) is 0. The van der Waals surface area contributed by atoms with Crippen molar-refractivity contribution in [3.63, 3.8) is 0 Å². The van der Waals surface area contributed by atoms with Gasteiger partial charge in [0.05, 0.1) is 18.8 Å². The maximum Gasteiger partial charge on any atom is 0.416 e. The van der Waals surface area contributed by atoms with Gasteiger partial charge in [0.1, 0.15) is 5.75 Å². The van der Waals surface area contributed by atoms with Crippen LogP contribution in [-0.2, 0) is 6.54 Å². The number of halogens is 3. The van der Waals surface area contributed by atoms with Crippen LogP contribution in [0, 0.1) is 0 Å². The van der Waals surface area contributed by atoms with Crippen molar-refractivity contribution < 1.29 is 23.0 Å². The number of anilines is 1. The highest BCUT2D eigenvalue weighted by Gasteiger charge is 2.39. The highest BCUT2D eigenvalue weighted by atomic mass is 19.4. The molecule has 0 aliphatic heterocycles. The van der Waals surface area contributed by atoms with Gasteiger partial charge >= 0.3 is 6.18 Å². The predicted molar refractivity (Wildman–Crippen MR) is 101 cm³/mol. The van der Waals surface area contributed by atoms with E-state index < -0.39 is 18.8 Å². The Morgan fingerprint density at radius 2 is 1.67 bits per heavy atom. The van der Waals surface area contributed by atoms with Crippen molar-refractivity contribution in [2.45, 2.75) is 45.0 Å².